The number of halogens is 1. The molecule has 5 aliphatic carbocycles. The summed E-state index contributed by atoms with van der Waals surface area (Å²) < 4.78 is 12.6. The summed E-state index contributed by atoms with van der Waals surface area (Å²) in [6.45, 7) is 20.5. The minimum Gasteiger partial charge on any atom is -0.481 e. The highest BCUT2D eigenvalue weighted by Crippen LogP contribution is 2.77. The van der Waals surface area contributed by atoms with E-state index in [1.165, 1.54) is 32.1 Å². The Morgan fingerprint density at radius 1 is 0.923 bits per heavy atom. The van der Waals surface area contributed by atoms with Crippen molar-refractivity contribution >= 4 is 23.5 Å². The molecule has 0 saturated heterocycles. The van der Waals surface area contributed by atoms with Crippen LogP contribution in [0, 0.1) is 56.2 Å². The summed E-state index contributed by atoms with van der Waals surface area (Å²) in [5, 5.41) is 19.4. The van der Waals surface area contributed by atoms with E-state index < -0.39 is 11.4 Å². The first-order valence-electron chi connectivity index (χ1n) is 20.0. The van der Waals surface area contributed by atoms with Gasteiger partial charge in [0.25, 0.3) is 0 Å². The number of aliphatic carboxylic acids is 1. The zero-order valence-electron chi connectivity index (χ0n) is 33.0. The Kier molecular flexibility index (Phi) is 9.19. The monoisotopic (exact) mass is 732 g/mol. The van der Waals surface area contributed by atoms with Gasteiger partial charge in [-0.1, -0.05) is 71.2 Å². The zero-order chi connectivity index (χ0) is 37.6. The van der Waals surface area contributed by atoms with Gasteiger partial charge in [-0.25, -0.2) is 0 Å². The van der Waals surface area contributed by atoms with Gasteiger partial charge in [-0.2, -0.15) is 0 Å². The van der Waals surface area contributed by atoms with Crippen molar-refractivity contribution in [3.05, 3.63) is 46.3 Å². The van der Waals surface area contributed by atoms with Crippen LogP contribution in [0.1, 0.15) is 139 Å². The number of rotatable bonds is 8. The van der Waals surface area contributed by atoms with Crippen molar-refractivity contribution < 1.29 is 23.8 Å². The highest BCUT2D eigenvalue weighted by molar-refractivity contribution is 6.30. The number of esters is 1. The summed E-state index contributed by atoms with van der Waals surface area (Å²) in [5.74, 6) is 2.04. The molecule has 4 fully saturated rings. The first kappa shape index (κ1) is 37.6. The Morgan fingerprint density at radius 3 is 2.31 bits per heavy atom. The molecule has 8 atom stereocenters. The molecule has 5 aliphatic rings. The van der Waals surface area contributed by atoms with E-state index in [4.69, 9.17) is 20.8 Å². The molecule has 7 nitrogen and oxygen atoms in total. The predicted octanol–water partition coefficient (Wildman–Crippen LogP) is 11.1. The van der Waals surface area contributed by atoms with Crippen molar-refractivity contribution in [3.8, 4) is 11.5 Å². The molecular formula is C44H61ClN2O5. The predicted molar refractivity (Wildman–Crippen MR) is 203 cm³/mol. The topological polar surface area (TPSA) is 103 Å². The number of fused-ring (bicyclic) bond motifs is 7. The Morgan fingerprint density at radius 2 is 1.63 bits per heavy atom. The standard InChI is InChI=1S/C44H61ClN2O5/c1-26(2)29-16-21-44(24-34-46-47-37(52-34)27-10-12-28(45)13-11-27)23-22-42(8)30(36(29)44)14-15-32-41(7)19-18-33(51-35(48)25-39(3,4)38(49)50)40(5,6)31(41)17-20-43(32,42)9/h10-13,26,30-33H,14-25H2,1-9H3,(H,49,50)/t30-,31+,32-,33+,41+,42-,43-,44?/m1/s1. The number of nitrogens with zero attached hydrogens (tertiary/aromatic N) is 2. The van der Waals surface area contributed by atoms with Crippen molar-refractivity contribution in [2.75, 3.05) is 0 Å². The fraction of sp³-hybridized carbons (Fsp3) is 0.727. The van der Waals surface area contributed by atoms with Gasteiger partial charge in [0, 0.05) is 27.8 Å². The molecule has 1 unspecified atom stereocenters. The molecule has 1 N–H and O–H groups in total. The molecule has 52 heavy (non-hydrogen) atoms. The van der Waals surface area contributed by atoms with Crippen molar-refractivity contribution in [1.29, 1.82) is 0 Å². The summed E-state index contributed by atoms with van der Waals surface area (Å²) in [4.78, 5) is 24.9. The summed E-state index contributed by atoms with van der Waals surface area (Å²) >= 11 is 6.15. The number of carbonyl (C=O) groups excluding carboxylic acids is 1. The van der Waals surface area contributed by atoms with Crippen LogP contribution in [0.4, 0.5) is 0 Å². The number of hydrogen-bond donors (Lipinski definition) is 1. The molecule has 0 spiro atoms. The van der Waals surface area contributed by atoms with E-state index in [9.17, 15) is 14.7 Å². The molecule has 0 amide bonds. The number of aromatic nitrogens is 2. The maximum absolute atomic E-state index is 13.1. The molecule has 0 bridgehead atoms. The first-order chi connectivity index (χ1) is 24.3. The van der Waals surface area contributed by atoms with Gasteiger partial charge in [0.1, 0.15) is 6.10 Å². The third-order valence-corrected chi connectivity index (χ3v) is 16.5. The zero-order valence-corrected chi connectivity index (χ0v) is 33.8. The molecule has 284 valence electrons. The maximum atomic E-state index is 13.1. The average Bonchev–Trinajstić information content (AvgIpc) is 3.68. The summed E-state index contributed by atoms with van der Waals surface area (Å²) in [6.07, 6.45) is 11.8. The highest BCUT2D eigenvalue weighted by atomic mass is 35.5. The van der Waals surface area contributed by atoms with Crippen molar-refractivity contribution in [1.82, 2.24) is 10.2 Å². The number of ether oxygens (including phenoxy) is 1. The normalized spacial score (nSPS) is 36.8. The van der Waals surface area contributed by atoms with Crippen molar-refractivity contribution in [3.63, 3.8) is 0 Å². The van der Waals surface area contributed by atoms with Crippen molar-refractivity contribution in [2.24, 2.45) is 56.2 Å². The summed E-state index contributed by atoms with van der Waals surface area (Å²) in [6, 6.07) is 7.62. The number of carboxylic acid groups (broad SMARTS) is 1. The minimum atomic E-state index is -1.14. The summed E-state index contributed by atoms with van der Waals surface area (Å²) in [7, 11) is 0. The van der Waals surface area contributed by atoms with Gasteiger partial charge in [0.05, 0.1) is 11.8 Å². The molecule has 1 heterocycles. The van der Waals surface area contributed by atoms with Gasteiger partial charge in [0.2, 0.25) is 11.8 Å². The lowest BCUT2D eigenvalue weighted by Crippen LogP contribution is -2.65. The van der Waals surface area contributed by atoms with Crippen LogP contribution in [-0.4, -0.2) is 33.3 Å². The van der Waals surface area contributed by atoms with Gasteiger partial charge in [-0.3, -0.25) is 9.59 Å². The third kappa shape index (κ3) is 5.71. The SMILES string of the molecule is CC(C)C1=C2[C@H]3CC[C@@H]4[C@@]5(C)CC[C@H](OC(=O)CC(C)(C)C(=O)O)C(C)(C)[C@@H]5CC[C@@]4(C)[C@]3(C)CCC2(Cc2nnc(-c3ccc(Cl)cc3)o2)CC1. The van der Waals surface area contributed by atoms with Crippen LogP contribution in [0.5, 0.6) is 0 Å². The lowest BCUT2D eigenvalue weighted by Gasteiger charge is -2.72. The van der Waals surface area contributed by atoms with Crippen molar-refractivity contribution in [2.45, 2.75) is 145 Å². The molecular weight excluding hydrogens is 672 g/mol. The third-order valence-electron chi connectivity index (χ3n) is 16.2. The second-order valence-electron chi connectivity index (χ2n) is 19.9. The Balaban J connectivity index is 1.15. The molecule has 4 saturated carbocycles. The molecule has 8 heteroatoms. The van der Waals surface area contributed by atoms with E-state index >= 15 is 0 Å². The first-order valence-corrected chi connectivity index (χ1v) is 20.4. The maximum Gasteiger partial charge on any atom is 0.309 e. The minimum absolute atomic E-state index is 0.0665. The quantitative estimate of drug-likeness (QED) is 0.213. The fourth-order valence-electron chi connectivity index (χ4n) is 13.2. The van der Waals surface area contributed by atoms with Crippen LogP contribution in [0.15, 0.2) is 39.8 Å². The average molecular weight is 733 g/mol. The summed E-state index contributed by atoms with van der Waals surface area (Å²) in [5.41, 5.74) is 3.60. The van der Waals surface area contributed by atoms with E-state index in [-0.39, 0.29) is 45.6 Å². The van der Waals surface area contributed by atoms with E-state index in [0.29, 0.717) is 34.6 Å². The van der Waals surface area contributed by atoms with Crippen LogP contribution >= 0.6 is 11.6 Å². The van der Waals surface area contributed by atoms with Gasteiger partial charge in [-0.15, -0.1) is 10.2 Å². The molecule has 0 aliphatic heterocycles. The lowest BCUT2D eigenvalue weighted by molar-refractivity contribution is -0.233. The number of carbonyl (C=O) groups is 2. The van der Waals surface area contributed by atoms with E-state index in [1.54, 1.807) is 25.0 Å². The van der Waals surface area contributed by atoms with Gasteiger partial charge in [0.15, 0.2) is 0 Å². The van der Waals surface area contributed by atoms with Crippen LogP contribution in [-0.2, 0) is 20.7 Å². The number of benzene rings is 1. The van der Waals surface area contributed by atoms with Gasteiger partial charge >= 0.3 is 11.9 Å². The largest absolute Gasteiger partial charge is 0.481 e. The second kappa shape index (κ2) is 12.7. The van der Waals surface area contributed by atoms with Gasteiger partial charge in [-0.05, 0) is 142 Å². The van der Waals surface area contributed by atoms with Crippen LogP contribution in [0.25, 0.3) is 11.5 Å². The fourth-order valence-corrected chi connectivity index (χ4v) is 13.3. The second-order valence-corrected chi connectivity index (χ2v) is 20.3. The van der Waals surface area contributed by atoms with Crippen LogP contribution < -0.4 is 0 Å². The lowest BCUT2D eigenvalue weighted by atomic mass is 9.33. The number of carboxylic acids is 1. The Bertz CT molecular complexity index is 1760. The van der Waals surface area contributed by atoms with Crippen LogP contribution in [0.3, 0.4) is 0 Å². The number of allylic oxidation sites excluding steroid dienone is 2. The Hall–Kier alpha value is -2.67. The van der Waals surface area contributed by atoms with E-state index in [0.717, 1.165) is 50.0 Å². The van der Waals surface area contributed by atoms with Crippen LogP contribution in [0.2, 0.25) is 5.02 Å². The molecule has 7 rings (SSSR count). The molecule has 1 aromatic heterocycles. The molecule has 0 radical (unpaired) electrons. The van der Waals surface area contributed by atoms with E-state index in [1.807, 2.05) is 24.3 Å². The highest BCUT2D eigenvalue weighted by Gasteiger charge is 2.69. The Labute approximate surface area is 316 Å². The number of hydrogen-bond acceptors (Lipinski definition) is 6. The molecule has 2 aromatic rings. The van der Waals surface area contributed by atoms with Gasteiger partial charge < -0.3 is 14.3 Å². The molecule has 1 aromatic carbocycles. The van der Waals surface area contributed by atoms with E-state index in [2.05, 4.69) is 58.7 Å². The smallest absolute Gasteiger partial charge is 0.309 e.